The average molecular weight is 327 g/mol. The molecule has 1 saturated heterocycles. The van der Waals surface area contributed by atoms with Gasteiger partial charge < -0.3 is 10.5 Å². The molecule has 1 aromatic carbocycles. The van der Waals surface area contributed by atoms with Gasteiger partial charge in [0.1, 0.15) is 0 Å². The van der Waals surface area contributed by atoms with Crippen molar-refractivity contribution in [1.29, 1.82) is 0 Å². The SMILES string of the molecule is CCCOC1CCCN(Cc2ccc(N)cc2Br)C1. The molecule has 0 radical (unpaired) electrons. The number of likely N-dealkylation sites (tertiary alicyclic amines) is 1. The van der Waals surface area contributed by atoms with E-state index in [0.29, 0.717) is 6.10 Å². The Morgan fingerprint density at radius 3 is 3.05 bits per heavy atom. The predicted molar refractivity (Wildman–Crippen MR) is 83.1 cm³/mol. The van der Waals surface area contributed by atoms with Gasteiger partial charge in [-0.05, 0) is 43.5 Å². The molecule has 1 atom stereocenters. The van der Waals surface area contributed by atoms with Gasteiger partial charge in [0, 0.05) is 29.9 Å². The number of hydrogen-bond acceptors (Lipinski definition) is 3. The van der Waals surface area contributed by atoms with Crippen molar-refractivity contribution in [2.24, 2.45) is 0 Å². The smallest absolute Gasteiger partial charge is 0.0702 e. The van der Waals surface area contributed by atoms with E-state index < -0.39 is 0 Å². The van der Waals surface area contributed by atoms with Crippen LogP contribution in [0.4, 0.5) is 5.69 Å². The fraction of sp³-hybridized carbons (Fsp3) is 0.600. The van der Waals surface area contributed by atoms with E-state index in [4.69, 9.17) is 10.5 Å². The van der Waals surface area contributed by atoms with E-state index in [0.717, 1.165) is 42.8 Å². The maximum atomic E-state index is 5.88. The van der Waals surface area contributed by atoms with Crippen LogP contribution in [-0.2, 0) is 11.3 Å². The number of anilines is 1. The second-order valence-electron chi connectivity index (χ2n) is 5.22. The number of nitrogen functional groups attached to an aromatic ring is 1. The largest absolute Gasteiger partial charge is 0.399 e. The third-order valence-corrected chi connectivity index (χ3v) is 4.23. The molecule has 1 aromatic rings. The lowest BCUT2D eigenvalue weighted by Gasteiger charge is -2.32. The lowest BCUT2D eigenvalue weighted by molar-refractivity contribution is -0.00227. The molecule has 0 saturated carbocycles. The third kappa shape index (κ3) is 4.48. The van der Waals surface area contributed by atoms with Crippen LogP contribution in [0.3, 0.4) is 0 Å². The van der Waals surface area contributed by atoms with Gasteiger partial charge in [0.15, 0.2) is 0 Å². The van der Waals surface area contributed by atoms with Crippen molar-refractivity contribution < 1.29 is 4.74 Å². The Morgan fingerprint density at radius 2 is 2.32 bits per heavy atom. The molecule has 4 heteroatoms. The Bertz CT molecular complexity index is 411. The Balaban J connectivity index is 1.91. The highest BCUT2D eigenvalue weighted by atomic mass is 79.9. The van der Waals surface area contributed by atoms with Gasteiger partial charge in [-0.25, -0.2) is 0 Å². The first-order valence-electron chi connectivity index (χ1n) is 7.07. The summed E-state index contributed by atoms with van der Waals surface area (Å²) < 4.78 is 6.98. The number of hydrogen-bond donors (Lipinski definition) is 1. The molecule has 1 heterocycles. The van der Waals surface area contributed by atoms with Gasteiger partial charge in [0.2, 0.25) is 0 Å². The topological polar surface area (TPSA) is 38.5 Å². The summed E-state index contributed by atoms with van der Waals surface area (Å²) >= 11 is 3.59. The summed E-state index contributed by atoms with van der Waals surface area (Å²) in [5, 5.41) is 0. The zero-order valence-electron chi connectivity index (χ0n) is 11.6. The molecular formula is C15H23BrN2O. The molecule has 0 aliphatic carbocycles. The maximum Gasteiger partial charge on any atom is 0.0702 e. The minimum absolute atomic E-state index is 0.404. The van der Waals surface area contributed by atoms with Crippen LogP contribution >= 0.6 is 15.9 Å². The summed E-state index contributed by atoms with van der Waals surface area (Å²) in [5.74, 6) is 0. The summed E-state index contributed by atoms with van der Waals surface area (Å²) in [6.45, 7) is 6.20. The lowest BCUT2D eigenvalue weighted by atomic mass is 10.1. The summed E-state index contributed by atoms with van der Waals surface area (Å²) in [6, 6.07) is 6.05. The predicted octanol–water partition coefficient (Wildman–Crippen LogP) is 3.42. The molecule has 1 aliphatic rings. The third-order valence-electron chi connectivity index (χ3n) is 3.49. The molecule has 1 fully saturated rings. The van der Waals surface area contributed by atoms with Crippen molar-refractivity contribution >= 4 is 21.6 Å². The standard InChI is InChI=1S/C15H23BrN2O/c1-2-8-19-14-4-3-7-18(11-14)10-12-5-6-13(17)9-15(12)16/h5-6,9,14H,2-4,7-8,10-11,17H2,1H3. The number of benzene rings is 1. The van der Waals surface area contributed by atoms with E-state index in [-0.39, 0.29) is 0 Å². The number of piperidine rings is 1. The second-order valence-corrected chi connectivity index (χ2v) is 6.08. The van der Waals surface area contributed by atoms with Crippen LogP contribution in [0.15, 0.2) is 22.7 Å². The molecule has 1 unspecified atom stereocenters. The highest BCUT2D eigenvalue weighted by Gasteiger charge is 2.20. The van der Waals surface area contributed by atoms with Crippen LogP contribution in [0.2, 0.25) is 0 Å². The second kappa shape index (κ2) is 7.27. The van der Waals surface area contributed by atoms with Gasteiger partial charge in [-0.1, -0.05) is 28.9 Å². The monoisotopic (exact) mass is 326 g/mol. The number of rotatable bonds is 5. The van der Waals surface area contributed by atoms with E-state index in [1.54, 1.807) is 0 Å². The van der Waals surface area contributed by atoms with Crippen molar-refractivity contribution in [2.45, 2.75) is 38.8 Å². The molecule has 2 N–H and O–H groups in total. The minimum Gasteiger partial charge on any atom is -0.399 e. The fourth-order valence-corrected chi connectivity index (χ4v) is 3.03. The molecule has 106 valence electrons. The van der Waals surface area contributed by atoms with Crippen molar-refractivity contribution in [3.05, 3.63) is 28.2 Å². The highest BCUT2D eigenvalue weighted by Crippen LogP contribution is 2.23. The molecule has 0 amide bonds. The van der Waals surface area contributed by atoms with Crippen LogP contribution in [0.25, 0.3) is 0 Å². The summed E-state index contributed by atoms with van der Waals surface area (Å²) in [6.07, 6.45) is 3.92. The van der Waals surface area contributed by atoms with E-state index in [1.165, 1.54) is 18.4 Å². The number of halogens is 1. The number of ether oxygens (including phenoxy) is 1. The fourth-order valence-electron chi connectivity index (χ4n) is 2.51. The van der Waals surface area contributed by atoms with Crippen molar-refractivity contribution in [2.75, 3.05) is 25.4 Å². The van der Waals surface area contributed by atoms with E-state index in [2.05, 4.69) is 33.8 Å². The summed E-state index contributed by atoms with van der Waals surface area (Å²) in [5.41, 5.74) is 7.87. The van der Waals surface area contributed by atoms with Crippen LogP contribution in [0, 0.1) is 0 Å². The summed E-state index contributed by atoms with van der Waals surface area (Å²) in [7, 11) is 0. The molecule has 3 nitrogen and oxygen atoms in total. The van der Waals surface area contributed by atoms with Gasteiger partial charge in [-0.15, -0.1) is 0 Å². The number of nitrogens with two attached hydrogens (primary N) is 1. The molecule has 1 aliphatic heterocycles. The first-order valence-corrected chi connectivity index (χ1v) is 7.86. The van der Waals surface area contributed by atoms with Gasteiger partial charge in [0.25, 0.3) is 0 Å². The highest BCUT2D eigenvalue weighted by molar-refractivity contribution is 9.10. The van der Waals surface area contributed by atoms with Crippen molar-refractivity contribution in [1.82, 2.24) is 4.90 Å². The molecule has 19 heavy (non-hydrogen) atoms. The molecule has 0 bridgehead atoms. The van der Waals surface area contributed by atoms with Gasteiger partial charge >= 0.3 is 0 Å². The van der Waals surface area contributed by atoms with Crippen molar-refractivity contribution in [3.63, 3.8) is 0 Å². The molecule has 0 spiro atoms. The zero-order valence-corrected chi connectivity index (χ0v) is 13.2. The van der Waals surface area contributed by atoms with E-state index in [1.807, 2.05) is 12.1 Å². The Hall–Kier alpha value is -0.580. The first kappa shape index (κ1) is 14.8. The molecular weight excluding hydrogens is 304 g/mol. The van der Waals surface area contributed by atoms with Crippen LogP contribution < -0.4 is 5.73 Å². The van der Waals surface area contributed by atoms with Crippen LogP contribution in [0.5, 0.6) is 0 Å². The average Bonchev–Trinajstić information content (AvgIpc) is 2.40. The summed E-state index contributed by atoms with van der Waals surface area (Å²) in [4.78, 5) is 2.47. The van der Waals surface area contributed by atoms with Crippen molar-refractivity contribution in [3.8, 4) is 0 Å². The van der Waals surface area contributed by atoms with Crippen LogP contribution in [-0.4, -0.2) is 30.7 Å². The Labute approximate surface area is 124 Å². The van der Waals surface area contributed by atoms with Gasteiger partial charge in [-0.3, -0.25) is 4.90 Å². The van der Waals surface area contributed by atoms with E-state index >= 15 is 0 Å². The first-order chi connectivity index (χ1) is 9.19. The number of nitrogens with zero attached hydrogens (tertiary/aromatic N) is 1. The Kier molecular flexibility index (Phi) is 5.67. The lowest BCUT2D eigenvalue weighted by Crippen LogP contribution is -2.39. The molecule has 2 rings (SSSR count). The van der Waals surface area contributed by atoms with E-state index in [9.17, 15) is 0 Å². The maximum absolute atomic E-state index is 5.88. The Morgan fingerprint density at radius 1 is 1.47 bits per heavy atom. The quantitative estimate of drug-likeness (QED) is 0.842. The normalized spacial score (nSPS) is 20.6. The van der Waals surface area contributed by atoms with Gasteiger partial charge in [-0.2, -0.15) is 0 Å². The van der Waals surface area contributed by atoms with Crippen LogP contribution in [0.1, 0.15) is 31.7 Å². The van der Waals surface area contributed by atoms with Gasteiger partial charge in [0.05, 0.1) is 6.10 Å². The zero-order chi connectivity index (χ0) is 13.7. The molecule has 0 aromatic heterocycles. The minimum atomic E-state index is 0.404.